The van der Waals surface area contributed by atoms with Crippen LogP contribution in [-0.2, 0) is 0 Å². The van der Waals surface area contributed by atoms with E-state index < -0.39 is 0 Å². The minimum Gasteiger partial charge on any atom is -0.493 e. The van der Waals surface area contributed by atoms with Crippen LogP contribution in [0.1, 0.15) is 25.5 Å². The third-order valence-corrected chi connectivity index (χ3v) is 4.36. The van der Waals surface area contributed by atoms with Crippen LogP contribution in [0.5, 0.6) is 5.88 Å². The number of nitrogens with zero attached hydrogens (tertiary/aromatic N) is 2. The van der Waals surface area contributed by atoms with E-state index in [4.69, 9.17) is 12.2 Å². The van der Waals surface area contributed by atoms with Gasteiger partial charge in [0.1, 0.15) is 0 Å². The van der Waals surface area contributed by atoms with Crippen LogP contribution < -0.4 is 4.90 Å². The number of aromatic amines is 1. The molecule has 0 fully saturated rings. The Labute approximate surface area is 141 Å². The smallest absolute Gasteiger partial charge is 0.218 e. The number of fused-ring (bicyclic) bond motifs is 1. The average Bonchev–Trinajstić information content (AvgIpc) is 2.81. The van der Waals surface area contributed by atoms with Crippen molar-refractivity contribution in [1.82, 2.24) is 9.55 Å². The van der Waals surface area contributed by atoms with Gasteiger partial charge >= 0.3 is 0 Å². The van der Waals surface area contributed by atoms with E-state index in [1.807, 2.05) is 46.1 Å². The molecule has 2 aromatic carbocycles. The maximum Gasteiger partial charge on any atom is 0.218 e. The molecule has 0 radical (unpaired) electrons. The molecule has 0 amide bonds. The molecule has 0 aliphatic heterocycles. The molecule has 0 saturated carbocycles. The molecule has 0 bridgehead atoms. The maximum absolute atomic E-state index is 10.6. The average molecular weight is 327 g/mol. The van der Waals surface area contributed by atoms with Gasteiger partial charge in [0, 0.05) is 30.6 Å². The molecule has 23 heavy (non-hydrogen) atoms. The largest absolute Gasteiger partial charge is 0.493 e. The molecule has 1 heterocycles. The zero-order chi connectivity index (χ0) is 16.7. The van der Waals surface area contributed by atoms with Crippen molar-refractivity contribution in [2.24, 2.45) is 0 Å². The van der Waals surface area contributed by atoms with Gasteiger partial charge < -0.3 is 15.0 Å². The quantitative estimate of drug-likeness (QED) is 0.692. The number of aromatic nitrogens is 2. The predicted octanol–water partition coefficient (Wildman–Crippen LogP) is 4.58. The lowest BCUT2D eigenvalue weighted by molar-refractivity contribution is 0.432. The fraction of sp³-hybridized carbons (Fsp3) is 0.278. The predicted molar refractivity (Wildman–Crippen MR) is 98.5 cm³/mol. The van der Waals surface area contributed by atoms with Crippen molar-refractivity contribution in [2.45, 2.75) is 19.8 Å². The number of imidazole rings is 1. The lowest BCUT2D eigenvalue weighted by atomic mass is 10.1. The maximum atomic E-state index is 10.6. The van der Waals surface area contributed by atoms with Gasteiger partial charge in [-0.1, -0.05) is 38.1 Å². The van der Waals surface area contributed by atoms with Crippen molar-refractivity contribution < 1.29 is 5.11 Å². The molecule has 3 aromatic rings. The fourth-order valence-electron chi connectivity index (χ4n) is 2.92. The Bertz CT molecular complexity index is 922. The zero-order valence-electron chi connectivity index (χ0n) is 13.8. The van der Waals surface area contributed by atoms with Crippen LogP contribution in [-0.4, -0.2) is 28.8 Å². The summed E-state index contributed by atoms with van der Waals surface area (Å²) in [6.07, 6.45) is 0. The highest BCUT2D eigenvalue weighted by atomic mass is 32.1. The molecule has 0 saturated heterocycles. The van der Waals surface area contributed by atoms with E-state index in [1.54, 1.807) is 4.57 Å². The van der Waals surface area contributed by atoms with Gasteiger partial charge in [-0.15, -0.1) is 0 Å². The number of H-pyrrole nitrogens is 1. The molecular formula is C18H21N3OS. The molecule has 0 spiro atoms. The van der Waals surface area contributed by atoms with E-state index in [1.165, 1.54) is 0 Å². The molecule has 3 rings (SSSR count). The molecule has 120 valence electrons. The van der Waals surface area contributed by atoms with Gasteiger partial charge in [-0.25, -0.2) is 0 Å². The van der Waals surface area contributed by atoms with Crippen LogP contribution in [0.25, 0.3) is 16.5 Å². The van der Waals surface area contributed by atoms with E-state index in [0.29, 0.717) is 4.77 Å². The van der Waals surface area contributed by atoms with Gasteiger partial charge in [-0.05, 0) is 30.3 Å². The van der Waals surface area contributed by atoms with Crippen molar-refractivity contribution in [2.75, 3.05) is 19.0 Å². The number of hydrogen-bond donors (Lipinski definition) is 2. The van der Waals surface area contributed by atoms with Gasteiger partial charge in [0.15, 0.2) is 4.77 Å². The summed E-state index contributed by atoms with van der Waals surface area (Å²) in [5.74, 6) is 0.359. The third kappa shape index (κ3) is 2.51. The highest BCUT2D eigenvalue weighted by molar-refractivity contribution is 7.71. The topological polar surface area (TPSA) is 44.2 Å². The normalized spacial score (nSPS) is 11.3. The van der Waals surface area contributed by atoms with E-state index in [2.05, 4.69) is 28.1 Å². The standard InChI is InChI=1S/C18H21N3OS/c1-11(2)16-17(22)21(18(23)19-16)15-10-9-14(20(3)4)12-7-5-6-8-13(12)15/h5-11,22H,1-4H3,(H,19,23). The Balaban J connectivity index is 2.35. The van der Waals surface area contributed by atoms with Crippen molar-refractivity contribution in [3.05, 3.63) is 46.9 Å². The lowest BCUT2D eigenvalue weighted by Crippen LogP contribution is -2.09. The highest BCUT2D eigenvalue weighted by Gasteiger charge is 2.17. The number of aromatic hydroxyl groups is 1. The van der Waals surface area contributed by atoms with E-state index in [0.717, 1.165) is 27.8 Å². The highest BCUT2D eigenvalue weighted by Crippen LogP contribution is 2.34. The fourth-order valence-corrected chi connectivity index (χ4v) is 3.22. The second kappa shape index (κ2) is 5.74. The molecule has 0 aliphatic carbocycles. The Kier molecular flexibility index (Phi) is 3.90. The molecule has 1 aromatic heterocycles. The molecule has 5 heteroatoms. The van der Waals surface area contributed by atoms with Crippen molar-refractivity contribution in [3.8, 4) is 11.6 Å². The van der Waals surface area contributed by atoms with Crippen molar-refractivity contribution in [3.63, 3.8) is 0 Å². The SMILES string of the molecule is CC(C)c1[nH]c(=S)n(-c2ccc(N(C)C)c3ccccc23)c1O. The summed E-state index contributed by atoms with van der Waals surface area (Å²) in [7, 11) is 4.05. The first-order chi connectivity index (χ1) is 10.9. The summed E-state index contributed by atoms with van der Waals surface area (Å²) >= 11 is 5.45. The number of nitrogens with one attached hydrogen (secondary N) is 1. The first-order valence-corrected chi connectivity index (χ1v) is 8.06. The van der Waals surface area contributed by atoms with Crippen LogP contribution in [0, 0.1) is 4.77 Å². The second-order valence-corrected chi connectivity index (χ2v) is 6.59. The lowest BCUT2D eigenvalue weighted by Gasteiger charge is -2.18. The molecule has 2 N–H and O–H groups in total. The van der Waals surface area contributed by atoms with Crippen molar-refractivity contribution >= 4 is 28.7 Å². The summed E-state index contributed by atoms with van der Waals surface area (Å²) in [5, 5.41) is 12.8. The van der Waals surface area contributed by atoms with E-state index >= 15 is 0 Å². The summed E-state index contributed by atoms with van der Waals surface area (Å²) in [6, 6.07) is 12.2. The van der Waals surface area contributed by atoms with E-state index in [9.17, 15) is 5.11 Å². The van der Waals surface area contributed by atoms with Gasteiger partial charge in [-0.2, -0.15) is 0 Å². The number of benzene rings is 2. The first-order valence-electron chi connectivity index (χ1n) is 7.65. The first kappa shape index (κ1) is 15.6. The Hall–Kier alpha value is -2.27. The molecule has 0 atom stereocenters. The van der Waals surface area contributed by atoms with Crippen LogP contribution >= 0.6 is 12.2 Å². The number of hydrogen-bond acceptors (Lipinski definition) is 3. The van der Waals surface area contributed by atoms with Crippen molar-refractivity contribution in [1.29, 1.82) is 0 Å². The Morgan fingerprint density at radius 2 is 1.74 bits per heavy atom. The molecule has 4 nitrogen and oxygen atoms in total. The molecule has 0 unspecified atom stereocenters. The van der Waals surface area contributed by atoms with Crippen LogP contribution in [0.2, 0.25) is 0 Å². The molecule has 0 aliphatic rings. The van der Waals surface area contributed by atoms with E-state index in [-0.39, 0.29) is 11.8 Å². The van der Waals surface area contributed by atoms with Crippen LogP contribution in [0.4, 0.5) is 5.69 Å². The Morgan fingerprint density at radius 1 is 1.09 bits per heavy atom. The minimum absolute atomic E-state index is 0.172. The summed E-state index contributed by atoms with van der Waals surface area (Å²) in [6.45, 7) is 4.05. The summed E-state index contributed by atoms with van der Waals surface area (Å²) in [5.41, 5.74) is 2.78. The summed E-state index contributed by atoms with van der Waals surface area (Å²) < 4.78 is 2.22. The van der Waals surface area contributed by atoms with Gasteiger partial charge in [0.25, 0.3) is 0 Å². The van der Waals surface area contributed by atoms with Gasteiger partial charge in [0.05, 0.1) is 11.4 Å². The summed E-state index contributed by atoms with van der Waals surface area (Å²) in [4.78, 5) is 5.22. The Morgan fingerprint density at radius 3 is 2.30 bits per heavy atom. The number of anilines is 1. The van der Waals surface area contributed by atoms with Gasteiger partial charge in [0.2, 0.25) is 5.88 Å². The monoisotopic (exact) mass is 327 g/mol. The minimum atomic E-state index is 0.172. The number of rotatable bonds is 3. The van der Waals surface area contributed by atoms with Crippen LogP contribution in [0.3, 0.4) is 0 Å². The zero-order valence-corrected chi connectivity index (χ0v) is 14.6. The van der Waals surface area contributed by atoms with Gasteiger partial charge in [-0.3, -0.25) is 4.57 Å². The molecular weight excluding hydrogens is 306 g/mol. The second-order valence-electron chi connectivity index (χ2n) is 6.20. The van der Waals surface area contributed by atoms with Crippen LogP contribution in [0.15, 0.2) is 36.4 Å². The third-order valence-electron chi connectivity index (χ3n) is 4.08.